The number of carbonyl (C=O) groups is 1. The van der Waals surface area contributed by atoms with Gasteiger partial charge in [-0.15, -0.1) is 0 Å². The molecule has 0 saturated heterocycles. The molecular weight excluding hydrogens is 232 g/mol. The fourth-order valence-electron chi connectivity index (χ4n) is 1.90. The van der Waals surface area contributed by atoms with E-state index in [1.165, 1.54) is 0 Å². The standard InChI is InChI=1S/C14H20O4/c1-9-6-11(17-4)7-10(12(9)18-5)8-14(2,3)13(15)16/h6-7H,8H2,1-5H3,(H,15,16). The summed E-state index contributed by atoms with van der Waals surface area (Å²) in [5.41, 5.74) is 0.946. The summed E-state index contributed by atoms with van der Waals surface area (Å²) < 4.78 is 10.6. The predicted octanol–water partition coefficient (Wildman–Crippen LogP) is 2.67. The summed E-state index contributed by atoms with van der Waals surface area (Å²) in [5.74, 6) is 0.611. The highest BCUT2D eigenvalue weighted by Gasteiger charge is 2.29. The number of aryl methyl sites for hydroxylation is 1. The summed E-state index contributed by atoms with van der Waals surface area (Å²) in [7, 11) is 3.18. The Hall–Kier alpha value is -1.71. The van der Waals surface area contributed by atoms with Gasteiger partial charge in [0.2, 0.25) is 0 Å². The number of hydrogen-bond donors (Lipinski definition) is 1. The van der Waals surface area contributed by atoms with Gasteiger partial charge in [0.1, 0.15) is 11.5 Å². The van der Waals surface area contributed by atoms with Crippen LogP contribution in [0.15, 0.2) is 12.1 Å². The van der Waals surface area contributed by atoms with Gasteiger partial charge >= 0.3 is 5.97 Å². The van der Waals surface area contributed by atoms with Crippen LogP contribution >= 0.6 is 0 Å². The Labute approximate surface area is 108 Å². The van der Waals surface area contributed by atoms with Crippen LogP contribution in [0, 0.1) is 12.3 Å². The van der Waals surface area contributed by atoms with Gasteiger partial charge in [0.05, 0.1) is 19.6 Å². The second kappa shape index (κ2) is 5.29. The highest BCUT2D eigenvalue weighted by atomic mass is 16.5. The minimum atomic E-state index is -0.841. The lowest BCUT2D eigenvalue weighted by molar-refractivity contribution is -0.146. The van der Waals surface area contributed by atoms with Gasteiger partial charge in [-0.3, -0.25) is 4.79 Å². The van der Waals surface area contributed by atoms with Crippen LogP contribution in [0.3, 0.4) is 0 Å². The average Bonchev–Trinajstić information content (AvgIpc) is 2.27. The molecule has 0 unspecified atom stereocenters. The van der Waals surface area contributed by atoms with Crippen LogP contribution in [0.1, 0.15) is 25.0 Å². The average molecular weight is 252 g/mol. The summed E-state index contributed by atoms with van der Waals surface area (Å²) >= 11 is 0. The number of benzene rings is 1. The Kier molecular flexibility index (Phi) is 4.22. The van der Waals surface area contributed by atoms with Crippen molar-refractivity contribution in [3.8, 4) is 11.5 Å². The normalized spacial score (nSPS) is 11.2. The van der Waals surface area contributed by atoms with Crippen molar-refractivity contribution in [1.29, 1.82) is 0 Å². The minimum Gasteiger partial charge on any atom is -0.497 e. The summed E-state index contributed by atoms with van der Waals surface area (Å²) in [6.07, 6.45) is 0.392. The maximum Gasteiger partial charge on any atom is 0.309 e. The lowest BCUT2D eigenvalue weighted by atomic mass is 9.85. The van der Waals surface area contributed by atoms with Gasteiger partial charge in [-0.05, 0) is 50.5 Å². The topological polar surface area (TPSA) is 55.8 Å². The molecular formula is C14H20O4. The molecule has 1 rings (SSSR count). The van der Waals surface area contributed by atoms with Gasteiger partial charge in [0.15, 0.2) is 0 Å². The van der Waals surface area contributed by atoms with Crippen molar-refractivity contribution in [3.05, 3.63) is 23.3 Å². The van der Waals surface area contributed by atoms with Gasteiger partial charge in [-0.1, -0.05) is 0 Å². The third-order valence-corrected chi connectivity index (χ3v) is 2.98. The molecule has 0 amide bonds. The SMILES string of the molecule is COc1cc(C)c(OC)c(CC(C)(C)C(=O)O)c1. The molecule has 0 saturated carbocycles. The van der Waals surface area contributed by atoms with E-state index in [1.807, 2.05) is 19.1 Å². The number of ether oxygens (including phenoxy) is 2. The van der Waals surface area contributed by atoms with Crippen LogP contribution < -0.4 is 9.47 Å². The zero-order valence-corrected chi connectivity index (χ0v) is 11.5. The summed E-state index contributed by atoms with van der Waals surface area (Å²) in [5, 5.41) is 9.19. The molecule has 100 valence electrons. The molecule has 0 fully saturated rings. The molecule has 4 nitrogen and oxygen atoms in total. The second-order valence-corrected chi connectivity index (χ2v) is 5.00. The first-order valence-corrected chi connectivity index (χ1v) is 5.76. The van der Waals surface area contributed by atoms with E-state index < -0.39 is 11.4 Å². The monoisotopic (exact) mass is 252 g/mol. The third kappa shape index (κ3) is 2.94. The first-order chi connectivity index (χ1) is 8.31. The fraction of sp³-hybridized carbons (Fsp3) is 0.500. The van der Waals surface area contributed by atoms with E-state index in [0.717, 1.165) is 16.9 Å². The van der Waals surface area contributed by atoms with Crippen LogP contribution in [-0.4, -0.2) is 25.3 Å². The first-order valence-electron chi connectivity index (χ1n) is 5.76. The fourth-order valence-corrected chi connectivity index (χ4v) is 1.90. The summed E-state index contributed by atoms with van der Waals surface area (Å²) in [6, 6.07) is 3.70. The molecule has 0 aliphatic heterocycles. The predicted molar refractivity (Wildman–Crippen MR) is 69.4 cm³/mol. The van der Waals surface area contributed by atoms with Gasteiger partial charge in [-0.2, -0.15) is 0 Å². The van der Waals surface area contributed by atoms with Crippen molar-refractivity contribution in [2.75, 3.05) is 14.2 Å². The van der Waals surface area contributed by atoms with Crippen molar-refractivity contribution >= 4 is 5.97 Å². The number of carboxylic acids is 1. The molecule has 0 atom stereocenters. The molecule has 0 aromatic heterocycles. The van der Waals surface area contributed by atoms with E-state index in [1.54, 1.807) is 28.1 Å². The van der Waals surface area contributed by atoms with Crippen molar-refractivity contribution < 1.29 is 19.4 Å². The number of aliphatic carboxylic acids is 1. The van der Waals surface area contributed by atoms with Crippen LogP contribution in [0.4, 0.5) is 0 Å². The Morgan fingerprint density at radius 3 is 2.33 bits per heavy atom. The number of carboxylic acid groups (broad SMARTS) is 1. The Bertz CT molecular complexity index is 449. The highest BCUT2D eigenvalue weighted by Crippen LogP contribution is 2.33. The maximum atomic E-state index is 11.2. The van der Waals surface area contributed by atoms with Crippen molar-refractivity contribution in [3.63, 3.8) is 0 Å². The summed E-state index contributed by atoms with van der Waals surface area (Å²) in [6.45, 7) is 5.31. The molecule has 0 radical (unpaired) electrons. The van der Waals surface area contributed by atoms with E-state index in [-0.39, 0.29) is 0 Å². The van der Waals surface area contributed by atoms with E-state index in [9.17, 15) is 9.90 Å². The lowest BCUT2D eigenvalue weighted by Crippen LogP contribution is -2.26. The molecule has 0 aliphatic rings. The summed E-state index contributed by atoms with van der Waals surface area (Å²) in [4.78, 5) is 11.2. The largest absolute Gasteiger partial charge is 0.497 e. The molecule has 4 heteroatoms. The molecule has 0 bridgehead atoms. The Morgan fingerprint density at radius 1 is 1.28 bits per heavy atom. The van der Waals surface area contributed by atoms with Gasteiger partial charge < -0.3 is 14.6 Å². The molecule has 1 aromatic carbocycles. The first kappa shape index (κ1) is 14.4. The van der Waals surface area contributed by atoms with Gasteiger partial charge in [0.25, 0.3) is 0 Å². The van der Waals surface area contributed by atoms with Gasteiger partial charge in [0, 0.05) is 0 Å². The molecule has 1 N–H and O–H groups in total. The zero-order valence-electron chi connectivity index (χ0n) is 11.5. The number of rotatable bonds is 5. The zero-order chi connectivity index (χ0) is 13.9. The second-order valence-electron chi connectivity index (χ2n) is 5.00. The Balaban J connectivity index is 3.22. The van der Waals surface area contributed by atoms with Crippen LogP contribution in [0.2, 0.25) is 0 Å². The van der Waals surface area contributed by atoms with Crippen molar-refractivity contribution in [2.24, 2.45) is 5.41 Å². The third-order valence-electron chi connectivity index (χ3n) is 2.98. The van der Waals surface area contributed by atoms with Crippen LogP contribution in [0.5, 0.6) is 11.5 Å². The number of methoxy groups -OCH3 is 2. The van der Waals surface area contributed by atoms with Crippen LogP contribution in [-0.2, 0) is 11.2 Å². The molecule has 18 heavy (non-hydrogen) atoms. The van der Waals surface area contributed by atoms with E-state index in [2.05, 4.69) is 0 Å². The minimum absolute atomic E-state index is 0.392. The molecule has 0 spiro atoms. The van der Waals surface area contributed by atoms with Crippen molar-refractivity contribution in [1.82, 2.24) is 0 Å². The lowest BCUT2D eigenvalue weighted by Gasteiger charge is -2.22. The smallest absolute Gasteiger partial charge is 0.309 e. The van der Waals surface area contributed by atoms with E-state index >= 15 is 0 Å². The van der Waals surface area contributed by atoms with Gasteiger partial charge in [-0.25, -0.2) is 0 Å². The quantitative estimate of drug-likeness (QED) is 0.875. The number of hydrogen-bond acceptors (Lipinski definition) is 3. The van der Waals surface area contributed by atoms with Crippen LogP contribution in [0.25, 0.3) is 0 Å². The maximum absolute atomic E-state index is 11.2. The Morgan fingerprint density at radius 2 is 1.89 bits per heavy atom. The molecule has 0 aliphatic carbocycles. The molecule has 1 aromatic rings. The van der Waals surface area contributed by atoms with Crippen molar-refractivity contribution in [2.45, 2.75) is 27.2 Å². The van der Waals surface area contributed by atoms with E-state index in [0.29, 0.717) is 12.2 Å². The highest BCUT2D eigenvalue weighted by molar-refractivity contribution is 5.74. The molecule has 0 heterocycles. The van der Waals surface area contributed by atoms with E-state index in [4.69, 9.17) is 9.47 Å².